The minimum atomic E-state index is -0.923. The second-order valence-electron chi connectivity index (χ2n) is 3.99. The summed E-state index contributed by atoms with van der Waals surface area (Å²) in [5.74, 6) is -0.923. The molecule has 88 valence electrons. The first-order chi connectivity index (χ1) is 8.75. The van der Waals surface area contributed by atoms with Gasteiger partial charge in [0.2, 0.25) is 0 Å². The van der Waals surface area contributed by atoms with Crippen molar-refractivity contribution >= 4 is 43.6 Å². The van der Waals surface area contributed by atoms with Crippen LogP contribution in [0.4, 0.5) is 0 Å². The lowest BCUT2D eigenvalue weighted by atomic mass is 10.1. The molecule has 3 aromatic rings. The van der Waals surface area contributed by atoms with E-state index in [1.807, 2.05) is 24.3 Å². The summed E-state index contributed by atoms with van der Waals surface area (Å²) in [5.41, 5.74) is 0.955. The highest BCUT2D eigenvalue weighted by Crippen LogP contribution is 2.35. The van der Waals surface area contributed by atoms with E-state index in [4.69, 9.17) is 5.11 Å². The normalized spacial score (nSPS) is 11.6. The molecule has 3 rings (SSSR count). The number of carbonyl (C=O) groups is 1. The van der Waals surface area contributed by atoms with Crippen molar-refractivity contribution in [2.45, 2.75) is 0 Å². The Bertz CT molecular complexity index is 768. The molecule has 0 saturated carbocycles. The highest BCUT2D eigenvalue weighted by atomic mass is 32.1. The molecule has 0 fully saturated rings. The van der Waals surface area contributed by atoms with Crippen LogP contribution in [0.15, 0.2) is 48.5 Å². The number of hydrogen-bond acceptors (Lipinski definition) is 2. The Morgan fingerprint density at radius 2 is 1.83 bits per heavy atom. The third-order valence-electron chi connectivity index (χ3n) is 2.84. The zero-order valence-corrected chi connectivity index (χ0v) is 10.3. The summed E-state index contributed by atoms with van der Waals surface area (Å²) < 4.78 is 2.36. The molecule has 2 aromatic carbocycles. The molecule has 0 atom stereocenters. The van der Waals surface area contributed by atoms with E-state index in [9.17, 15) is 4.79 Å². The van der Waals surface area contributed by atoms with Gasteiger partial charge in [-0.1, -0.05) is 36.4 Å². The van der Waals surface area contributed by atoms with E-state index in [2.05, 4.69) is 18.2 Å². The van der Waals surface area contributed by atoms with Crippen LogP contribution in [-0.4, -0.2) is 11.1 Å². The van der Waals surface area contributed by atoms with E-state index in [0.717, 1.165) is 10.3 Å². The first-order valence-electron chi connectivity index (χ1n) is 5.57. The van der Waals surface area contributed by atoms with E-state index < -0.39 is 5.97 Å². The molecular formula is C15H10O2S. The highest BCUT2D eigenvalue weighted by molar-refractivity contribution is 7.26. The Kier molecular flexibility index (Phi) is 2.61. The lowest BCUT2D eigenvalue weighted by Crippen LogP contribution is -1.85. The second kappa shape index (κ2) is 4.27. The quantitative estimate of drug-likeness (QED) is 0.697. The first kappa shape index (κ1) is 11.0. The molecule has 0 aliphatic heterocycles. The zero-order chi connectivity index (χ0) is 12.5. The lowest BCUT2D eigenvalue weighted by molar-refractivity contribution is -0.131. The fourth-order valence-electron chi connectivity index (χ4n) is 2.06. The number of thiophene rings is 1. The number of fused-ring (bicyclic) bond motifs is 3. The second-order valence-corrected chi connectivity index (χ2v) is 5.05. The van der Waals surface area contributed by atoms with Gasteiger partial charge in [0, 0.05) is 26.2 Å². The number of carboxylic acids is 1. The van der Waals surface area contributed by atoms with Gasteiger partial charge < -0.3 is 5.11 Å². The Hall–Kier alpha value is -2.13. The molecule has 1 aromatic heterocycles. The largest absolute Gasteiger partial charge is 0.478 e. The van der Waals surface area contributed by atoms with Crippen molar-refractivity contribution in [1.29, 1.82) is 0 Å². The van der Waals surface area contributed by atoms with Gasteiger partial charge in [0.1, 0.15) is 0 Å². The first-order valence-corrected chi connectivity index (χ1v) is 6.38. The zero-order valence-electron chi connectivity index (χ0n) is 9.46. The van der Waals surface area contributed by atoms with Gasteiger partial charge in [-0.25, -0.2) is 4.79 Å². The van der Waals surface area contributed by atoms with Crippen LogP contribution in [0.3, 0.4) is 0 Å². The summed E-state index contributed by atoms with van der Waals surface area (Å²) in [7, 11) is 0. The number of benzene rings is 2. The smallest absolute Gasteiger partial charge is 0.328 e. The van der Waals surface area contributed by atoms with E-state index in [0.29, 0.717) is 0 Å². The average molecular weight is 254 g/mol. The number of aliphatic carboxylic acids is 1. The van der Waals surface area contributed by atoms with Crippen molar-refractivity contribution in [3.63, 3.8) is 0 Å². The van der Waals surface area contributed by atoms with E-state index >= 15 is 0 Å². The maximum absolute atomic E-state index is 10.6. The van der Waals surface area contributed by atoms with Gasteiger partial charge >= 0.3 is 5.97 Å². The van der Waals surface area contributed by atoms with Gasteiger partial charge in [-0.2, -0.15) is 0 Å². The summed E-state index contributed by atoms with van der Waals surface area (Å²) in [6.07, 6.45) is 2.83. The molecule has 1 heterocycles. The molecule has 0 spiro atoms. The molecule has 0 bridgehead atoms. The Labute approximate surface area is 108 Å². The van der Waals surface area contributed by atoms with Crippen LogP contribution in [0.25, 0.3) is 26.2 Å². The van der Waals surface area contributed by atoms with E-state index in [1.54, 1.807) is 17.4 Å². The van der Waals surface area contributed by atoms with Crippen molar-refractivity contribution in [1.82, 2.24) is 0 Å². The van der Waals surface area contributed by atoms with Gasteiger partial charge in [-0.15, -0.1) is 11.3 Å². The van der Waals surface area contributed by atoms with Crippen LogP contribution >= 0.6 is 11.3 Å². The van der Waals surface area contributed by atoms with Gasteiger partial charge in [-0.3, -0.25) is 0 Å². The van der Waals surface area contributed by atoms with Crippen molar-refractivity contribution < 1.29 is 9.90 Å². The number of hydrogen-bond donors (Lipinski definition) is 1. The van der Waals surface area contributed by atoms with Crippen LogP contribution in [-0.2, 0) is 4.79 Å². The molecule has 18 heavy (non-hydrogen) atoms. The van der Waals surface area contributed by atoms with Gasteiger partial charge in [0.25, 0.3) is 0 Å². The van der Waals surface area contributed by atoms with Gasteiger partial charge in [-0.05, 0) is 17.7 Å². The molecule has 0 saturated heterocycles. The predicted molar refractivity (Wildman–Crippen MR) is 76.0 cm³/mol. The third-order valence-corrected chi connectivity index (χ3v) is 4.08. The van der Waals surface area contributed by atoms with Crippen LogP contribution in [0.2, 0.25) is 0 Å². The summed E-state index contributed by atoms with van der Waals surface area (Å²) in [4.78, 5) is 10.6. The third kappa shape index (κ3) is 1.79. The summed E-state index contributed by atoms with van der Waals surface area (Å²) in [6, 6.07) is 14.2. The van der Waals surface area contributed by atoms with Crippen molar-refractivity contribution in [2.75, 3.05) is 0 Å². The SMILES string of the molecule is O=C(O)C=Cc1cccc2c1sc1ccccc12. The Morgan fingerprint density at radius 1 is 1.06 bits per heavy atom. The monoisotopic (exact) mass is 254 g/mol. The lowest BCUT2D eigenvalue weighted by Gasteiger charge is -1.95. The van der Waals surface area contributed by atoms with Crippen molar-refractivity contribution in [3.8, 4) is 0 Å². The number of carboxylic acid groups (broad SMARTS) is 1. The molecule has 1 N–H and O–H groups in total. The average Bonchev–Trinajstić information content (AvgIpc) is 2.75. The minimum Gasteiger partial charge on any atom is -0.478 e. The minimum absolute atomic E-state index is 0.923. The van der Waals surface area contributed by atoms with E-state index in [1.165, 1.54) is 21.5 Å². The van der Waals surface area contributed by atoms with Crippen LogP contribution in [0.5, 0.6) is 0 Å². The topological polar surface area (TPSA) is 37.3 Å². The predicted octanol–water partition coefficient (Wildman–Crippen LogP) is 4.15. The van der Waals surface area contributed by atoms with E-state index in [-0.39, 0.29) is 0 Å². The molecule has 0 radical (unpaired) electrons. The molecule has 0 aliphatic carbocycles. The molecule has 0 unspecified atom stereocenters. The van der Waals surface area contributed by atoms with Crippen molar-refractivity contribution in [3.05, 3.63) is 54.1 Å². The molecule has 0 aliphatic rings. The van der Waals surface area contributed by atoms with Crippen LogP contribution in [0.1, 0.15) is 5.56 Å². The maximum atomic E-state index is 10.6. The summed E-state index contributed by atoms with van der Waals surface area (Å²) in [5, 5.41) is 11.1. The van der Waals surface area contributed by atoms with Gasteiger partial charge in [0.05, 0.1) is 0 Å². The molecule has 3 heteroatoms. The highest BCUT2D eigenvalue weighted by Gasteiger charge is 2.06. The Balaban J connectivity index is 2.31. The summed E-state index contributed by atoms with van der Waals surface area (Å²) in [6.45, 7) is 0. The number of rotatable bonds is 2. The standard InChI is InChI=1S/C15H10O2S/c16-14(17)9-8-10-4-3-6-12-11-5-1-2-7-13(11)18-15(10)12/h1-9H,(H,16,17). The summed E-state index contributed by atoms with van der Waals surface area (Å²) >= 11 is 1.70. The Morgan fingerprint density at radius 3 is 2.67 bits per heavy atom. The molecule has 2 nitrogen and oxygen atoms in total. The van der Waals surface area contributed by atoms with Crippen molar-refractivity contribution in [2.24, 2.45) is 0 Å². The molecular weight excluding hydrogens is 244 g/mol. The fourth-order valence-corrected chi connectivity index (χ4v) is 3.26. The van der Waals surface area contributed by atoms with Crippen LogP contribution < -0.4 is 0 Å². The molecule has 0 amide bonds. The maximum Gasteiger partial charge on any atom is 0.328 e. The fraction of sp³-hybridized carbons (Fsp3) is 0. The van der Waals surface area contributed by atoms with Crippen LogP contribution in [0, 0.1) is 0 Å². The van der Waals surface area contributed by atoms with Gasteiger partial charge in [0.15, 0.2) is 0 Å².